The predicted octanol–water partition coefficient (Wildman–Crippen LogP) is 2.76. The first kappa shape index (κ1) is 15.5. The van der Waals surface area contributed by atoms with Gasteiger partial charge < -0.3 is 10.4 Å². The fourth-order valence-electron chi connectivity index (χ4n) is 1.93. The molecule has 0 bridgehead atoms. The minimum Gasteiger partial charge on any atom is -0.396 e. The number of pyridine rings is 1. The van der Waals surface area contributed by atoms with Crippen molar-refractivity contribution in [3.8, 4) is 11.1 Å². The van der Waals surface area contributed by atoms with E-state index in [0.717, 1.165) is 11.1 Å². The summed E-state index contributed by atoms with van der Waals surface area (Å²) in [6, 6.07) is 11.3. The number of hydrogen-bond donors (Lipinski definition) is 2. The van der Waals surface area contributed by atoms with Crippen LogP contribution in [0.5, 0.6) is 0 Å². The number of rotatable bonds is 5. The molecule has 0 saturated carbocycles. The van der Waals surface area contributed by atoms with Crippen LogP contribution in [0.1, 0.15) is 17.3 Å². The van der Waals surface area contributed by atoms with Crippen LogP contribution in [-0.4, -0.2) is 29.1 Å². The molecule has 0 unspecified atom stereocenters. The van der Waals surface area contributed by atoms with Gasteiger partial charge in [-0.05, 0) is 23.1 Å². The summed E-state index contributed by atoms with van der Waals surface area (Å²) in [6.45, 7) is 2.25. The van der Waals surface area contributed by atoms with Crippen molar-refractivity contribution in [1.29, 1.82) is 0 Å². The minimum absolute atomic E-state index is 0.00966. The summed E-state index contributed by atoms with van der Waals surface area (Å²) in [5.74, 6) is -0.295. The molecule has 1 heterocycles. The summed E-state index contributed by atoms with van der Waals surface area (Å²) in [5, 5.41) is 12.0. The first-order valence-electron chi connectivity index (χ1n) is 6.72. The molecule has 2 N–H and O–H groups in total. The van der Waals surface area contributed by atoms with Crippen LogP contribution >= 0.6 is 11.6 Å². The van der Waals surface area contributed by atoms with E-state index in [9.17, 15) is 4.79 Å². The Bertz CT molecular complexity index is 617. The number of aliphatic hydroxyl groups is 1. The molecule has 4 nitrogen and oxygen atoms in total. The van der Waals surface area contributed by atoms with Crippen molar-refractivity contribution >= 4 is 17.5 Å². The smallest absolute Gasteiger partial charge is 0.255 e. The molecular formula is C16H17ClN2O2. The van der Waals surface area contributed by atoms with Gasteiger partial charge in [-0.1, -0.05) is 48.9 Å². The molecule has 5 heteroatoms. The maximum absolute atomic E-state index is 12.4. The Balaban J connectivity index is 2.32. The van der Waals surface area contributed by atoms with Crippen molar-refractivity contribution < 1.29 is 9.90 Å². The molecule has 0 aliphatic rings. The number of halogens is 1. The molecule has 1 aromatic heterocycles. The number of hydrogen-bond acceptors (Lipinski definition) is 3. The lowest BCUT2D eigenvalue weighted by Crippen LogP contribution is -2.30. The molecule has 0 aliphatic heterocycles. The van der Waals surface area contributed by atoms with Gasteiger partial charge in [-0.15, -0.1) is 0 Å². The van der Waals surface area contributed by atoms with E-state index >= 15 is 0 Å². The number of amides is 1. The zero-order chi connectivity index (χ0) is 15.2. The van der Waals surface area contributed by atoms with E-state index in [1.807, 2.05) is 37.3 Å². The zero-order valence-electron chi connectivity index (χ0n) is 11.7. The molecule has 110 valence electrons. The van der Waals surface area contributed by atoms with E-state index in [1.54, 1.807) is 12.3 Å². The second-order valence-corrected chi connectivity index (χ2v) is 5.25. The third kappa shape index (κ3) is 3.80. The normalized spacial score (nSPS) is 12.0. The molecule has 0 saturated heterocycles. The second kappa shape index (κ2) is 7.20. The standard InChI is InChI=1S/C16H17ClN2O2/c1-11(10-20)9-19-16(21)14-13(7-8-18-15(14)17)12-5-3-2-4-6-12/h2-8,11,20H,9-10H2,1H3,(H,19,21)/t11-/m0/s1. The third-order valence-electron chi connectivity index (χ3n) is 3.14. The van der Waals surface area contributed by atoms with Crippen LogP contribution in [0.15, 0.2) is 42.6 Å². The molecule has 1 atom stereocenters. The number of benzene rings is 1. The number of aliphatic hydroxyl groups excluding tert-OH is 1. The molecule has 2 aromatic rings. The summed E-state index contributed by atoms with van der Waals surface area (Å²) in [4.78, 5) is 16.4. The van der Waals surface area contributed by atoms with E-state index in [4.69, 9.17) is 16.7 Å². The Morgan fingerprint density at radius 2 is 2.05 bits per heavy atom. The summed E-state index contributed by atoms with van der Waals surface area (Å²) in [6.07, 6.45) is 1.58. The van der Waals surface area contributed by atoms with Crippen LogP contribution in [0.25, 0.3) is 11.1 Å². The lowest BCUT2D eigenvalue weighted by molar-refractivity contribution is 0.0943. The van der Waals surface area contributed by atoms with Gasteiger partial charge in [0.25, 0.3) is 5.91 Å². The lowest BCUT2D eigenvalue weighted by atomic mass is 10.0. The van der Waals surface area contributed by atoms with Crippen molar-refractivity contribution in [2.24, 2.45) is 5.92 Å². The van der Waals surface area contributed by atoms with E-state index < -0.39 is 0 Å². The highest BCUT2D eigenvalue weighted by Crippen LogP contribution is 2.27. The van der Waals surface area contributed by atoms with Crippen LogP contribution in [0.2, 0.25) is 5.15 Å². The maximum atomic E-state index is 12.4. The Morgan fingerprint density at radius 3 is 2.71 bits per heavy atom. The van der Waals surface area contributed by atoms with Crippen LogP contribution in [0, 0.1) is 5.92 Å². The third-order valence-corrected chi connectivity index (χ3v) is 3.43. The highest BCUT2D eigenvalue weighted by Gasteiger charge is 2.18. The van der Waals surface area contributed by atoms with Crippen molar-refractivity contribution in [1.82, 2.24) is 10.3 Å². The van der Waals surface area contributed by atoms with Gasteiger partial charge >= 0.3 is 0 Å². The molecule has 2 rings (SSSR count). The average Bonchev–Trinajstić information content (AvgIpc) is 2.52. The van der Waals surface area contributed by atoms with Crippen molar-refractivity contribution in [3.63, 3.8) is 0 Å². The SMILES string of the molecule is C[C@H](CO)CNC(=O)c1c(-c2ccccc2)ccnc1Cl. The van der Waals surface area contributed by atoms with Gasteiger partial charge in [0, 0.05) is 19.3 Å². The van der Waals surface area contributed by atoms with Gasteiger partial charge in [-0.2, -0.15) is 0 Å². The first-order chi connectivity index (χ1) is 10.1. The first-order valence-corrected chi connectivity index (χ1v) is 7.10. The number of carbonyl (C=O) groups is 1. The van der Waals surface area contributed by atoms with Crippen molar-refractivity contribution in [3.05, 3.63) is 53.3 Å². The Labute approximate surface area is 128 Å². The molecular weight excluding hydrogens is 288 g/mol. The van der Waals surface area contributed by atoms with Crippen molar-refractivity contribution in [2.75, 3.05) is 13.2 Å². The molecule has 21 heavy (non-hydrogen) atoms. The predicted molar refractivity (Wildman–Crippen MR) is 83.3 cm³/mol. The Kier molecular flexibility index (Phi) is 5.31. The zero-order valence-corrected chi connectivity index (χ0v) is 12.5. The summed E-state index contributed by atoms with van der Waals surface area (Å²) in [7, 11) is 0. The van der Waals surface area contributed by atoms with E-state index in [2.05, 4.69) is 10.3 Å². The molecule has 0 fully saturated rings. The van der Waals surface area contributed by atoms with Gasteiger partial charge in [0.1, 0.15) is 5.15 Å². The number of nitrogens with zero attached hydrogens (tertiary/aromatic N) is 1. The number of aromatic nitrogens is 1. The highest BCUT2D eigenvalue weighted by atomic mass is 35.5. The van der Waals surface area contributed by atoms with E-state index in [0.29, 0.717) is 12.1 Å². The maximum Gasteiger partial charge on any atom is 0.255 e. The fourth-order valence-corrected chi connectivity index (χ4v) is 2.17. The Morgan fingerprint density at radius 1 is 1.33 bits per heavy atom. The van der Waals surface area contributed by atoms with Gasteiger partial charge in [0.15, 0.2) is 0 Å². The van der Waals surface area contributed by atoms with E-state index in [1.165, 1.54) is 0 Å². The monoisotopic (exact) mass is 304 g/mol. The number of nitrogens with one attached hydrogen (secondary N) is 1. The lowest BCUT2D eigenvalue weighted by Gasteiger charge is -2.13. The van der Waals surface area contributed by atoms with Crippen LogP contribution in [0.3, 0.4) is 0 Å². The fraction of sp³-hybridized carbons (Fsp3) is 0.250. The second-order valence-electron chi connectivity index (χ2n) is 4.89. The summed E-state index contributed by atoms with van der Waals surface area (Å²) in [5.41, 5.74) is 2.00. The van der Waals surface area contributed by atoms with Crippen molar-refractivity contribution in [2.45, 2.75) is 6.92 Å². The largest absolute Gasteiger partial charge is 0.396 e. The molecule has 0 radical (unpaired) electrons. The van der Waals surface area contributed by atoms with Crippen LogP contribution in [0.4, 0.5) is 0 Å². The quantitative estimate of drug-likeness (QED) is 0.835. The summed E-state index contributed by atoms with van der Waals surface area (Å²) < 4.78 is 0. The molecule has 1 aromatic carbocycles. The minimum atomic E-state index is -0.285. The van der Waals surface area contributed by atoms with Gasteiger partial charge in [0.05, 0.1) is 5.56 Å². The average molecular weight is 305 g/mol. The number of carbonyl (C=O) groups excluding carboxylic acids is 1. The molecule has 1 amide bonds. The van der Waals surface area contributed by atoms with Gasteiger partial charge in [-0.25, -0.2) is 4.98 Å². The topological polar surface area (TPSA) is 62.2 Å². The van der Waals surface area contributed by atoms with E-state index in [-0.39, 0.29) is 23.6 Å². The summed E-state index contributed by atoms with van der Waals surface area (Å²) >= 11 is 6.10. The molecule has 0 spiro atoms. The van der Waals surface area contributed by atoms with Crippen LogP contribution in [-0.2, 0) is 0 Å². The highest BCUT2D eigenvalue weighted by molar-refractivity contribution is 6.33. The van der Waals surface area contributed by atoms with Gasteiger partial charge in [-0.3, -0.25) is 4.79 Å². The molecule has 0 aliphatic carbocycles. The van der Waals surface area contributed by atoms with Gasteiger partial charge in [0.2, 0.25) is 0 Å². The van der Waals surface area contributed by atoms with Crippen LogP contribution < -0.4 is 5.32 Å². The Hall–Kier alpha value is -1.91.